The van der Waals surface area contributed by atoms with Crippen LogP contribution < -0.4 is 5.32 Å². The molecule has 1 amide bonds. The average Bonchev–Trinajstić information content (AvgIpc) is 2.73. The Morgan fingerprint density at radius 2 is 1.96 bits per heavy atom. The van der Waals surface area contributed by atoms with E-state index in [1.165, 1.54) is 0 Å². The fourth-order valence-corrected chi connectivity index (χ4v) is 3.50. The molecule has 0 spiro atoms. The van der Waals surface area contributed by atoms with Gasteiger partial charge in [-0.1, -0.05) is 25.7 Å². The first-order valence-electron chi connectivity index (χ1n) is 8.39. The van der Waals surface area contributed by atoms with Gasteiger partial charge in [0.25, 0.3) is 0 Å². The van der Waals surface area contributed by atoms with E-state index in [1.54, 1.807) is 25.1 Å². The zero-order valence-electron chi connectivity index (χ0n) is 13.8. The zero-order chi connectivity index (χ0) is 17.2. The summed E-state index contributed by atoms with van der Waals surface area (Å²) in [5.74, 6) is -0.558. The summed E-state index contributed by atoms with van der Waals surface area (Å²) in [6.45, 7) is 1.76. The summed E-state index contributed by atoms with van der Waals surface area (Å²) in [7, 11) is 0. The Balaban J connectivity index is 1.73. The van der Waals surface area contributed by atoms with Crippen molar-refractivity contribution in [3.63, 3.8) is 0 Å². The second-order valence-electron chi connectivity index (χ2n) is 6.64. The molecule has 1 aromatic heterocycles. The Morgan fingerprint density at radius 3 is 2.62 bits per heavy atom. The van der Waals surface area contributed by atoms with Crippen LogP contribution in [0.2, 0.25) is 0 Å². The number of carboxylic acid groups (broad SMARTS) is 1. The molecule has 6 heteroatoms. The Hall–Kier alpha value is -2.37. The number of amides is 1. The van der Waals surface area contributed by atoms with Crippen LogP contribution in [-0.2, 0) is 9.59 Å². The van der Waals surface area contributed by atoms with Crippen molar-refractivity contribution in [3.05, 3.63) is 24.1 Å². The first-order chi connectivity index (χ1) is 11.5. The van der Waals surface area contributed by atoms with E-state index in [0.29, 0.717) is 35.5 Å². The van der Waals surface area contributed by atoms with Crippen molar-refractivity contribution in [2.45, 2.75) is 51.9 Å². The molecule has 0 bridgehead atoms. The number of oxazole rings is 1. The van der Waals surface area contributed by atoms with Gasteiger partial charge in [0.15, 0.2) is 11.5 Å². The lowest BCUT2D eigenvalue weighted by Crippen LogP contribution is -2.35. The van der Waals surface area contributed by atoms with Crippen molar-refractivity contribution < 1.29 is 19.1 Å². The highest BCUT2D eigenvalue weighted by Gasteiger charge is 2.40. The summed E-state index contributed by atoms with van der Waals surface area (Å²) >= 11 is 0. The number of hydrogen-bond acceptors (Lipinski definition) is 4. The van der Waals surface area contributed by atoms with Gasteiger partial charge < -0.3 is 14.8 Å². The van der Waals surface area contributed by atoms with Gasteiger partial charge in [0.05, 0.1) is 5.41 Å². The molecule has 0 saturated heterocycles. The molecule has 6 nitrogen and oxygen atoms in total. The smallest absolute Gasteiger partial charge is 0.310 e. The van der Waals surface area contributed by atoms with Crippen molar-refractivity contribution in [2.75, 3.05) is 5.32 Å². The third-order valence-electron chi connectivity index (χ3n) is 4.79. The Bertz CT molecular complexity index is 757. The van der Waals surface area contributed by atoms with E-state index in [-0.39, 0.29) is 12.3 Å². The molecular formula is C18H22N2O4. The summed E-state index contributed by atoms with van der Waals surface area (Å²) < 4.78 is 5.41. The van der Waals surface area contributed by atoms with Crippen molar-refractivity contribution in [1.82, 2.24) is 4.98 Å². The largest absolute Gasteiger partial charge is 0.481 e. The molecule has 3 rings (SSSR count). The molecule has 0 unspecified atom stereocenters. The highest BCUT2D eigenvalue weighted by atomic mass is 16.4. The van der Waals surface area contributed by atoms with Gasteiger partial charge in [0.2, 0.25) is 5.91 Å². The Kier molecular flexibility index (Phi) is 4.55. The van der Waals surface area contributed by atoms with E-state index < -0.39 is 11.4 Å². The number of fused-ring (bicyclic) bond motifs is 1. The van der Waals surface area contributed by atoms with Crippen LogP contribution >= 0.6 is 0 Å². The number of aryl methyl sites for hydroxylation is 1. The first-order valence-corrected chi connectivity index (χ1v) is 8.39. The van der Waals surface area contributed by atoms with Crippen LogP contribution in [0.1, 0.15) is 50.8 Å². The molecule has 1 aromatic carbocycles. The number of aliphatic carboxylic acids is 1. The maximum atomic E-state index is 12.4. The minimum atomic E-state index is -0.935. The van der Waals surface area contributed by atoms with Crippen LogP contribution in [0.3, 0.4) is 0 Å². The number of aromatic nitrogens is 1. The third kappa shape index (κ3) is 3.42. The SMILES string of the molecule is Cc1nc2cc(NC(=O)CC3(C(=O)O)CCCCCC3)ccc2o1. The van der Waals surface area contributed by atoms with Crippen LogP contribution in [0, 0.1) is 12.3 Å². The second-order valence-corrected chi connectivity index (χ2v) is 6.64. The minimum Gasteiger partial charge on any atom is -0.481 e. The fraction of sp³-hybridized carbons (Fsp3) is 0.500. The topological polar surface area (TPSA) is 92.4 Å². The van der Waals surface area contributed by atoms with E-state index in [1.807, 2.05) is 0 Å². The van der Waals surface area contributed by atoms with E-state index >= 15 is 0 Å². The second kappa shape index (κ2) is 6.63. The summed E-state index contributed by atoms with van der Waals surface area (Å²) in [5.41, 5.74) is 1.01. The number of anilines is 1. The van der Waals surface area contributed by atoms with Crippen molar-refractivity contribution in [2.24, 2.45) is 5.41 Å². The molecule has 1 saturated carbocycles. The van der Waals surface area contributed by atoms with Gasteiger partial charge in [0.1, 0.15) is 5.52 Å². The van der Waals surface area contributed by atoms with Crippen molar-refractivity contribution in [3.8, 4) is 0 Å². The molecule has 2 N–H and O–H groups in total. The van der Waals surface area contributed by atoms with Gasteiger partial charge in [-0.05, 0) is 31.0 Å². The number of benzene rings is 1. The van der Waals surface area contributed by atoms with Crippen LogP contribution in [0.4, 0.5) is 5.69 Å². The quantitative estimate of drug-likeness (QED) is 0.830. The van der Waals surface area contributed by atoms with Gasteiger partial charge in [-0.3, -0.25) is 9.59 Å². The van der Waals surface area contributed by atoms with Crippen LogP contribution in [-0.4, -0.2) is 22.0 Å². The van der Waals surface area contributed by atoms with Crippen LogP contribution in [0.25, 0.3) is 11.1 Å². The number of carbonyl (C=O) groups is 2. The summed E-state index contributed by atoms with van der Waals surface area (Å²) in [4.78, 5) is 28.5. The van der Waals surface area contributed by atoms with Gasteiger partial charge in [0, 0.05) is 19.0 Å². The Morgan fingerprint density at radius 1 is 1.25 bits per heavy atom. The van der Waals surface area contributed by atoms with E-state index in [2.05, 4.69) is 10.3 Å². The Labute approximate surface area is 140 Å². The highest BCUT2D eigenvalue weighted by molar-refractivity contribution is 5.95. The maximum Gasteiger partial charge on any atom is 0.310 e. The average molecular weight is 330 g/mol. The standard InChI is InChI=1S/C18H22N2O4/c1-12-19-14-10-13(6-7-15(14)24-12)20-16(21)11-18(17(22)23)8-4-2-3-5-9-18/h6-7,10H,2-5,8-9,11H2,1H3,(H,20,21)(H,22,23). The van der Waals surface area contributed by atoms with E-state index in [0.717, 1.165) is 25.7 Å². The zero-order valence-corrected chi connectivity index (χ0v) is 13.8. The molecule has 0 atom stereocenters. The van der Waals surface area contributed by atoms with Gasteiger partial charge in [-0.15, -0.1) is 0 Å². The molecule has 1 aliphatic carbocycles. The van der Waals surface area contributed by atoms with Crippen molar-refractivity contribution in [1.29, 1.82) is 0 Å². The number of nitrogens with one attached hydrogen (secondary N) is 1. The molecule has 128 valence electrons. The lowest BCUT2D eigenvalue weighted by Gasteiger charge is -2.27. The molecule has 24 heavy (non-hydrogen) atoms. The number of carboxylic acids is 1. The van der Waals surface area contributed by atoms with Gasteiger partial charge in [-0.2, -0.15) is 0 Å². The molecule has 0 aliphatic heterocycles. The molecule has 1 fully saturated rings. The van der Waals surface area contributed by atoms with Gasteiger partial charge in [-0.25, -0.2) is 4.98 Å². The van der Waals surface area contributed by atoms with Crippen LogP contribution in [0.5, 0.6) is 0 Å². The first kappa shape index (κ1) is 16.5. The maximum absolute atomic E-state index is 12.4. The molecule has 2 aromatic rings. The fourth-order valence-electron chi connectivity index (χ4n) is 3.50. The molecule has 0 radical (unpaired) electrons. The summed E-state index contributed by atoms with van der Waals surface area (Å²) in [6, 6.07) is 5.24. The predicted octanol–water partition coefficient (Wildman–Crippen LogP) is 3.89. The minimum absolute atomic E-state index is 0.0121. The molecule has 1 aliphatic rings. The number of rotatable bonds is 4. The third-order valence-corrected chi connectivity index (χ3v) is 4.79. The predicted molar refractivity (Wildman–Crippen MR) is 89.8 cm³/mol. The highest BCUT2D eigenvalue weighted by Crippen LogP contribution is 2.38. The summed E-state index contributed by atoms with van der Waals surface area (Å²) in [5, 5.41) is 12.5. The van der Waals surface area contributed by atoms with Crippen molar-refractivity contribution >= 4 is 28.7 Å². The van der Waals surface area contributed by atoms with E-state index in [9.17, 15) is 14.7 Å². The molecular weight excluding hydrogens is 308 g/mol. The monoisotopic (exact) mass is 330 g/mol. The normalized spacial score (nSPS) is 17.4. The lowest BCUT2D eigenvalue weighted by atomic mass is 9.77. The lowest BCUT2D eigenvalue weighted by molar-refractivity contribution is -0.152. The molecule has 1 heterocycles. The van der Waals surface area contributed by atoms with Crippen LogP contribution in [0.15, 0.2) is 22.6 Å². The number of nitrogens with zero attached hydrogens (tertiary/aromatic N) is 1. The number of carbonyl (C=O) groups excluding carboxylic acids is 1. The number of hydrogen-bond donors (Lipinski definition) is 2. The van der Waals surface area contributed by atoms with E-state index in [4.69, 9.17) is 4.42 Å². The summed E-state index contributed by atoms with van der Waals surface area (Å²) in [6.07, 6.45) is 4.96. The van der Waals surface area contributed by atoms with Gasteiger partial charge >= 0.3 is 5.97 Å².